The van der Waals surface area contributed by atoms with Crippen LogP contribution in [0.2, 0.25) is 5.02 Å². The van der Waals surface area contributed by atoms with Crippen molar-refractivity contribution < 1.29 is 9.53 Å². The topological polar surface area (TPSA) is 45.3 Å². The van der Waals surface area contributed by atoms with Crippen LogP contribution >= 0.6 is 11.6 Å². The maximum absolute atomic E-state index is 12.9. The van der Waals surface area contributed by atoms with E-state index in [-0.39, 0.29) is 12.1 Å². The zero-order chi connectivity index (χ0) is 20.5. The third-order valence-corrected chi connectivity index (χ3v) is 5.91. The summed E-state index contributed by atoms with van der Waals surface area (Å²) in [5, 5.41) is 1.86. The van der Waals surface area contributed by atoms with Crippen molar-refractivity contribution in [3.63, 3.8) is 0 Å². The summed E-state index contributed by atoms with van der Waals surface area (Å²) in [5.41, 5.74) is 5.71. The summed E-state index contributed by atoms with van der Waals surface area (Å²) in [6.45, 7) is 7.42. The first-order valence-corrected chi connectivity index (χ1v) is 10.7. The Morgan fingerprint density at radius 2 is 2.00 bits per heavy atom. The Morgan fingerprint density at radius 3 is 2.69 bits per heavy atom. The van der Waals surface area contributed by atoms with Crippen LogP contribution in [0.5, 0.6) is 0 Å². The minimum absolute atomic E-state index is 0.199. The maximum atomic E-state index is 12.9. The molecule has 1 N–H and O–H groups in total. The number of benzene rings is 2. The molecule has 0 spiro atoms. The summed E-state index contributed by atoms with van der Waals surface area (Å²) < 4.78 is 5.50. The van der Waals surface area contributed by atoms with Crippen molar-refractivity contribution in [2.45, 2.75) is 45.6 Å². The third-order valence-electron chi connectivity index (χ3n) is 5.67. The number of hydrogen-bond acceptors (Lipinski definition) is 2. The van der Waals surface area contributed by atoms with Crippen LogP contribution in [0.15, 0.2) is 42.5 Å². The number of fused-ring (bicyclic) bond motifs is 3. The molecule has 5 heteroatoms. The first-order valence-electron chi connectivity index (χ1n) is 10.3. The van der Waals surface area contributed by atoms with E-state index >= 15 is 0 Å². The van der Waals surface area contributed by atoms with Gasteiger partial charge >= 0.3 is 6.09 Å². The van der Waals surface area contributed by atoms with Gasteiger partial charge in [0.15, 0.2) is 0 Å². The highest BCUT2D eigenvalue weighted by atomic mass is 35.5. The van der Waals surface area contributed by atoms with Crippen LogP contribution in [0.3, 0.4) is 0 Å². The van der Waals surface area contributed by atoms with Crippen molar-refractivity contribution >= 4 is 28.6 Å². The monoisotopic (exact) mass is 410 g/mol. The molecule has 2 heterocycles. The van der Waals surface area contributed by atoms with E-state index in [1.165, 1.54) is 11.1 Å². The molecule has 1 atom stereocenters. The van der Waals surface area contributed by atoms with Crippen LogP contribution in [-0.2, 0) is 11.2 Å². The number of halogens is 1. The van der Waals surface area contributed by atoms with Crippen LogP contribution in [0.25, 0.3) is 10.9 Å². The fourth-order valence-corrected chi connectivity index (χ4v) is 4.31. The van der Waals surface area contributed by atoms with Crippen molar-refractivity contribution in [3.05, 3.63) is 69.9 Å². The molecule has 4 rings (SSSR count). The minimum atomic E-state index is -0.257. The van der Waals surface area contributed by atoms with E-state index in [1.807, 2.05) is 30.0 Å². The van der Waals surface area contributed by atoms with Crippen LogP contribution in [0.4, 0.5) is 4.79 Å². The van der Waals surface area contributed by atoms with Gasteiger partial charge in [0.2, 0.25) is 0 Å². The van der Waals surface area contributed by atoms with Crippen LogP contribution in [0.1, 0.15) is 61.5 Å². The largest absolute Gasteiger partial charge is 0.449 e. The van der Waals surface area contributed by atoms with Gasteiger partial charge in [-0.25, -0.2) is 4.79 Å². The fraction of sp³-hybridized carbons (Fsp3) is 0.375. The number of nitrogens with zero attached hydrogens (tertiary/aromatic N) is 1. The second kappa shape index (κ2) is 8.11. The highest BCUT2D eigenvalue weighted by Gasteiger charge is 2.35. The molecule has 0 saturated carbocycles. The molecule has 2 aromatic carbocycles. The molecule has 0 fully saturated rings. The van der Waals surface area contributed by atoms with Gasteiger partial charge in [0.05, 0.1) is 6.61 Å². The average molecular weight is 411 g/mol. The lowest BCUT2D eigenvalue weighted by Gasteiger charge is -2.35. The van der Waals surface area contributed by atoms with Crippen molar-refractivity contribution in [2.24, 2.45) is 0 Å². The summed E-state index contributed by atoms with van der Waals surface area (Å²) in [4.78, 5) is 18.3. The van der Waals surface area contributed by atoms with Gasteiger partial charge in [-0.3, -0.25) is 4.90 Å². The number of rotatable bonds is 4. The second-order valence-electron chi connectivity index (χ2n) is 7.99. The lowest BCUT2D eigenvalue weighted by atomic mass is 9.91. The Hall–Kier alpha value is -2.46. The van der Waals surface area contributed by atoms with Crippen LogP contribution in [0, 0.1) is 0 Å². The van der Waals surface area contributed by atoms with Gasteiger partial charge < -0.3 is 9.72 Å². The molecule has 1 amide bonds. The zero-order valence-corrected chi connectivity index (χ0v) is 17.9. The Bertz CT molecular complexity index is 1020. The molecule has 0 aliphatic carbocycles. The van der Waals surface area contributed by atoms with Gasteiger partial charge in [-0.1, -0.05) is 56.6 Å². The number of nitrogens with one attached hydrogen (secondary N) is 1. The highest BCUT2D eigenvalue weighted by Crippen LogP contribution is 2.39. The van der Waals surface area contributed by atoms with Crippen molar-refractivity contribution in [1.29, 1.82) is 0 Å². The van der Waals surface area contributed by atoms with Crippen molar-refractivity contribution in [3.8, 4) is 0 Å². The molecule has 4 nitrogen and oxygen atoms in total. The highest BCUT2D eigenvalue weighted by molar-refractivity contribution is 6.31. The lowest BCUT2D eigenvalue weighted by molar-refractivity contribution is 0.0889. The quantitative estimate of drug-likeness (QED) is 0.538. The maximum Gasteiger partial charge on any atom is 0.410 e. The molecule has 0 saturated heterocycles. The van der Waals surface area contributed by atoms with E-state index in [1.54, 1.807) is 0 Å². The van der Waals surface area contributed by atoms with E-state index in [0.29, 0.717) is 19.1 Å². The fourth-order valence-electron chi connectivity index (χ4n) is 4.14. The lowest BCUT2D eigenvalue weighted by Crippen LogP contribution is -2.41. The molecule has 152 valence electrons. The van der Waals surface area contributed by atoms with E-state index in [9.17, 15) is 4.79 Å². The third kappa shape index (κ3) is 3.74. The molecule has 1 aliphatic heterocycles. The number of amides is 1. The van der Waals surface area contributed by atoms with E-state index < -0.39 is 0 Å². The predicted octanol–water partition coefficient (Wildman–Crippen LogP) is 6.44. The molecule has 29 heavy (non-hydrogen) atoms. The summed E-state index contributed by atoms with van der Waals surface area (Å²) in [6, 6.07) is 14.3. The number of H-pyrrole nitrogens is 1. The molecule has 1 aromatic heterocycles. The zero-order valence-electron chi connectivity index (χ0n) is 17.2. The van der Waals surface area contributed by atoms with Crippen molar-refractivity contribution in [2.75, 3.05) is 13.2 Å². The Kier molecular flexibility index (Phi) is 5.55. The molecule has 1 aliphatic rings. The summed E-state index contributed by atoms with van der Waals surface area (Å²) in [7, 11) is 0. The number of carbonyl (C=O) groups excluding carboxylic acids is 1. The molecular weight excluding hydrogens is 384 g/mol. The van der Waals surface area contributed by atoms with E-state index in [4.69, 9.17) is 16.3 Å². The van der Waals surface area contributed by atoms with E-state index in [2.05, 4.69) is 43.1 Å². The standard InChI is InChI=1S/C24H27ClN2O2/c1-4-13-29-24(28)27-12-11-19-20-14-18(25)9-10-21(20)26-22(19)23(27)17-7-5-16(6-8-17)15(2)3/h5-10,14-15,23,26H,4,11-13H2,1-3H3. The van der Waals surface area contributed by atoms with Gasteiger partial charge in [0.1, 0.15) is 6.04 Å². The van der Waals surface area contributed by atoms with Gasteiger partial charge in [0.25, 0.3) is 0 Å². The van der Waals surface area contributed by atoms with Gasteiger partial charge in [0, 0.05) is 28.2 Å². The summed E-state index contributed by atoms with van der Waals surface area (Å²) >= 11 is 6.26. The Balaban J connectivity index is 1.81. The molecule has 0 radical (unpaired) electrons. The molecule has 0 bridgehead atoms. The first-order chi connectivity index (χ1) is 14.0. The van der Waals surface area contributed by atoms with E-state index in [0.717, 1.165) is 40.0 Å². The second-order valence-corrected chi connectivity index (χ2v) is 8.43. The normalized spacial score (nSPS) is 16.3. The van der Waals surface area contributed by atoms with Crippen molar-refractivity contribution in [1.82, 2.24) is 9.88 Å². The number of aromatic nitrogens is 1. The minimum Gasteiger partial charge on any atom is -0.449 e. The number of aromatic amines is 1. The molecular formula is C24H27ClN2O2. The Morgan fingerprint density at radius 1 is 1.24 bits per heavy atom. The molecule has 3 aromatic rings. The number of carbonyl (C=O) groups is 1. The number of ether oxygens (including phenoxy) is 1. The average Bonchev–Trinajstić information content (AvgIpc) is 3.09. The summed E-state index contributed by atoms with van der Waals surface area (Å²) in [5.74, 6) is 0.465. The summed E-state index contributed by atoms with van der Waals surface area (Å²) in [6.07, 6.45) is 1.33. The van der Waals surface area contributed by atoms with Crippen LogP contribution in [-0.4, -0.2) is 29.1 Å². The van der Waals surface area contributed by atoms with Gasteiger partial charge in [-0.05, 0) is 53.6 Å². The predicted molar refractivity (Wildman–Crippen MR) is 118 cm³/mol. The first kappa shape index (κ1) is 19.8. The number of hydrogen-bond donors (Lipinski definition) is 1. The molecule has 1 unspecified atom stereocenters. The van der Waals surface area contributed by atoms with Gasteiger partial charge in [-0.2, -0.15) is 0 Å². The van der Waals surface area contributed by atoms with Gasteiger partial charge in [-0.15, -0.1) is 0 Å². The Labute approximate surface area is 176 Å². The SMILES string of the molecule is CCCOC(=O)N1CCc2c([nH]c3ccc(Cl)cc23)C1c1ccc(C(C)C)cc1. The smallest absolute Gasteiger partial charge is 0.410 e. The van der Waals surface area contributed by atoms with Crippen LogP contribution < -0.4 is 0 Å².